The fraction of sp³-hybridized carbons (Fsp3) is 0.417. The summed E-state index contributed by atoms with van der Waals surface area (Å²) >= 11 is 0. The fourth-order valence-corrected chi connectivity index (χ4v) is 4.06. The second kappa shape index (κ2) is 9.30. The van der Waals surface area contributed by atoms with Crippen LogP contribution in [0.25, 0.3) is 0 Å². The van der Waals surface area contributed by atoms with Crippen LogP contribution in [0.2, 0.25) is 0 Å². The Morgan fingerprint density at radius 2 is 1.67 bits per heavy atom. The van der Waals surface area contributed by atoms with E-state index in [1.54, 1.807) is 11.8 Å². The molecule has 0 N–H and O–H groups in total. The first-order valence-corrected chi connectivity index (χ1v) is 10.6. The van der Waals surface area contributed by atoms with Crippen molar-refractivity contribution in [2.75, 3.05) is 37.6 Å². The maximum atomic E-state index is 12.5. The molecule has 1 saturated heterocycles. The van der Waals surface area contributed by atoms with Gasteiger partial charge in [-0.1, -0.05) is 36.4 Å². The van der Waals surface area contributed by atoms with Gasteiger partial charge in [-0.15, -0.1) is 0 Å². The van der Waals surface area contributed by atoms with Crippen molar-refractivity contribution in [1.82, 2.24) is 9.80 Å². The number of amides is 1. The molecule has 2 aliphatic heterocycles. The molecule has 0 unspecified atom stereocenters. The number of anilines is 1. The van der Waals surface area contributed by atoms with Gasteiger partial charge in [0, 0.05) is 57.9 Å². The molecule has 158 valence electrons. The minimum atomic E-state index is -0.268. The van der Waals surface area contributed by atoms with Gasteiger partial charge in [-0.05, 0) is 35.7 Å². The van der Waals surface area contributed by atoms with Crippen LogP contribution in [0.5, 0.6) is 0 Å². The van der Waals surface area contributed by atoms with Gasteiger partial charge in [-0.25, -0.2) is 4.79 Å². The van der Waals surface area contributed by atoms with Crippen LogP contribution in [0, 0.1) is 0 Å². The molecule has 1 amide bonds. The maximum absolute atomic E-state index is 12.5. The Bertz CT molecular complexity index is 892. The smallest absolute Gasteiger partial charge is 0.410 e. The number of ether oxygens (including phenoxy) is 1. The zero-order chi connectivity index (χ0) is 20.9. The highest BCUT2D eigenvalue weighted by molar-refractivity contribution is 5.75. The summed E-state index contributed by atoms with van der Waals surface area (Å²) in [6.45, 7) is 7.86. The van der Waals surface area contributed by atoms with Crippen molar-refractivity contribution in [1.29, 1.82) is 0 Å². The first-order chi connectivity index (χ1) is 14.6. The van der Waals surface area contributed by atoms with Gasteiger partial charge in [0.2, 0.25) is 0 Å². The molecule has 0 radical (unpaired) electrons. The highest BCUT2D eigenvalue weighted by Gasteiger charge is 2.26. The Morgan fingerprint density at radius 3 is 2.40 bits per heavy atom. The van der Waals surface area contributed by atoms with Crippen LogP contribution in [0.4, 0.5) is 10.5 Å². The zero-order valence-electron chi connectivity index (χ0n) is 17.5. The van der Waals surface area contributed by atoms with Gasteiger partial charge in [0.1, 0.15) is 12.4 Å². The Labute approximate surface area is 178 Å². The van der Waals surface area contributed by atoms with E-state index in [0.717, 1.165) is 38.3 Å². The number of carbonyl (C=O) groups excluding carboxylic acids is 2. The van der Waals surface area contributed by atoms with E-state index in [-0.39, 0.29) is 11.9 Å². The summed E-state index contributed by atoms with van der Waals surface area (Å²) in [6, 6.07) is 16.3. The molecule has 2 aromatic rings. The quantitative estimate of drug-likeness (QED) is 0.734. The number of hydrogen-bond donors (Lipinski definition) is 0. The number of rotatable bonds is 6. The Kier molecular flexibility index (Phi) is 6.33. The molecule has 2 aliphatic rings. The molecule has 6 nitrogen and oxygen atoms in total. The minimum Gasteiger partial charge on any atom is -0.445 e. The summed E-state index contributed by atoms with van der Waals surface area (Å²) in [6.07, 6.45) is 0.366. The van der Waals surface area contributed by atoms with Crippen LogP contribution in [0.1, 0.15) is 30.0 Å². The molecule has 2 aromatic carbocycles. The third kappa shape index (κ3) is 5.00. The van der Waals surface area contributed by atoms with E-state index in [4.69, 9.17) is 4.74 Å². The second-order valence-electron chi connectivity index (χ2n) is 8.13. The molecule has 6 heteroatoms. The van der Waals surface area contributed by atoms with Crippen molar-refractivity contribution < 1.29 is 14.3 Å². The molecule has 0 aliphatic carbocycles. The number of Topliss-reactive ketones (excluding diaryl/α,β-unsaturated/α-hetero) is 1. The van der Waals surface area contributed by atoms with Gasteiger partial charge in [-0.2, -0.15) is 0 Å². The lowest BCUT2D eigenvalue weighted by molar-refractivity contribution is -0.117. The highest BCUT2D eigenvalue weighted by atomic mass is 16.6. The summed E-state index contributed by atoms with van der Waals surface area (Å²) < 4.78 is 5.49. The van der Waals surface area contributed by atoms with Crippen LogP contribution >= 0.6 is 0 Å². The number of carbonyl (C=O) groups is 2. The highest BCUT2D eigenvalue weighted by Crippen LogP contribution is 2.28. The molecule has 0 bridgehead atoms. The van der Waals surface area contributed by atoms with E-state index < -0.39 is 0 Å². The molecular weight excluding hydrogens is 378 g/mol. The maximum Gasteiger partial charge on any atom is 0.410 e. The van der Waals surface area contributed by atoms with Crippen LogP contribution in [-0.4, -0.2) is 54.4 Å². The number of piperazine rings is 1. The van der Waals surface area contributed by atoms with Gasteiger partial charge in [0.25, 0.3) is 0 Å². The largest absolute Gasteiger partial charge is 0.445 e. The lowest BCUT2D eigenvalue weighted by Gasteiger charge is -2.36. The fourth-order valence-electron chi connectivity index (χ4n) is 4.06. The standard InChI is InChI=1S/C24H29N3O3/c1-19(28)9-10-25-11-13-26(14-12-25)23-8-7-21-16-27(17-22(21)15-23)24(29)30-18-20-5-3-2-4-6-20/h2-8,15H,9-14,16-18H2,1H3. The molecule has 0 atom stereocenters. The van der Waals surface area contributed by atoms with Crippen LogP contribution in [0.3, 0.4) is 0 Å². The number of hydrogen-bond acceptors (Lipinski definition) is 5. The molecule has 1 fully saturated rings. The molecule has 0 spiro atoms. The van der Waals surface area contributed by atoms with E-state index in [9.17, 15) is 9.59 Å². The van der Waals surface area contributed by atoms with Crippen LogP contribution < -0.4 is 4.90 Å². The van der Waals surface area contributed by atoms with E-state index in [1.807, 2.05) is 30.3 Å². The molecule has 0 saturated carbocycles. The SMILES string of the molecule is CC(=O)CCN1CCN(c2ccc3c(c2)CN(C(=O)OCc2ccccc2)C3)CC1. The van der Waals surface area contributed by atoms with Gasteiger partial charge >= 0.3 is 6.09 Å². The predicted molar refractivity (Wildman–Crippen MR) is 116 cm³/mol. The van der Waals surface area contributed by atoms with E-state index in [2.05, 4.69) is 28.0 Å². The number of ketones is 1. The third-order valence-corrected chi connectivity index (χ3v) is 5.89. The summed E-state index contributed by atoms with van der Waals surface area (Å²) in [4.78, 5) is 30.2. The Balaban J connectivity index is 1.30. The van der Waals surface area contributed by atoms with E-state index >= 15 is 0 Å². The van der Waals surface area contributed by atoms with E-state index in [0.29, 0.717) is 26.1 Å². The molecule has 4 rings (SSSR count). The molecular formula is C24H29N3O3. The molecule has 0 aromatic heterocycles. The summed E-state index contributed by atoms with van der Waals surface area (Å²) in [5.41, 5.74) is 4.59. The van der Waals surface area contributed by atoms with Crippen molar-refractivity contribution in [2.45, 2.75) is 33.0 Å². The van der Waals surface area contributed by atoms with Gasteiger partial charge in [-0.3, -0.25) is 14.6 Å². The summed E-state index contributed by atoms with van der Waals surface area (Å²) in [5, 5.41) is 0. The average molecular weight is 408 g/mol. The monoisotopic (exact) mass is 407 g/mol. The Hall–Kier alpha value is -2.86. The first-order valence-electron chi connectivity index (χ1n) is 10.6. The predicted octanol–water partition coefficient (Wildman–Crippen LogP) is 3.44. The van der Waals surface area contributed by atoms with E-state index in [1.165, 1.54) is 16.8 Å². The lowest BCUT2D eigenvalue weighted by atomic mass is 10.1. The number of benzene rings is 2. The second-order valence-corrected chi connectivity index (χ2v) is 8.13. The minimum absolute atomic E-state index is 0.253. The van der Waals surface area contributed by atoms with Crippen molar-refractivity contribution in [2.24, 2.45) is 0 Å². The number of nitrogens with zero attached hydrogens (tertiary/aromatic N) is 3. The van der Waals surface area contributed by atoms with Crippen molar-refractivity contribution in [3.05, 3.63) is 65.2 Å². The summed E-state index contributed by atoms with van der Waals surface area (Å²) in [7, 11) is 0. The van der Waals surface area contributed by atoms with Crippen molar-refractivity contribution in [3.63, 3.8) is 0 Å². The van der Waals surface area contributed by atoms with Crippen molar-refractivity contribution in [3.8, 4) is 0 Å². The summed E-state index contributed by atoms with van der Waals surface area (Å²) in [5.74, 6) is 0.253. The topological polar surface area (TPSA) is 53.1 Å². The van der Waals surface area contributed by atoms with Gasteiger partial charge < -0.3 is 9.64 Å². The molecule has 2 heterocycles. The number of fused-ring (bicyclic) bond motifs is 1. The lowest BCUT2D eigenvalue weighted by Crippen LogP contribution is -2.46. The first kappa shape index (κ1) is 20.4. The normalized spacial score (nSPS) is 16.4. The van der Waals surface area contributed by atoms with Crippen LogP contribution in [0.15, 0.2) is 48.5 Å². The van der Waals surface area contributed by atoms with Gasteiger partial charge in [0.05, 0.1) is 0 Å². The third-order valence-electron chi connectivity index (χ3n) is 5.89. The van der Waals surface area contributed by atoms with Gasteiger partial charge in [0.15, 0.2) is 0 Å². The molecule has 30 heavy (non-hydrogen) atoms. The average Bonchev–Trinajstić information content (AvgIpc) is 3.20. The van der Waals surface area contributed by atoms with Crippen molar-refractivity contribution >= 4 is 17.6 Å². The zero-order valence-corrected chi connectivity index (χ0v) is 17.5. The Morgan fingerprint density at radius 1 is 0.933 bits per heavy atom. The van der Waals surface area contributed by atoms with Crippen LogP contribution in [-0.2, 0) is 29.2 Å².